The van der Waals surface area contributed by atoms with Crippen LogP contribution in [-0.4, -0.2) is 24.5 Å². The van der Waals surface area contributed by atoms with Crippen molar-refractivity contribution in [1.29, 1.82) is 0 Å². The number of rotatable bonds is 2. The van der Waals surface area contributed by atoms with Gasteiger partial charge in [0.25, 0.3) is 11.8 Å². The van der Waals surface area contributed by atoms with E-state index in [4.69, 9.17) is 16.3 Å². The van der Waals surface area contributed by atoms with Crippen molar-refractivity contribution < 1.29 is 14.3 Å². The second kappa shape index (κ2) is 5.84. The molecule has 2 amide bonds. The molecule has 1 aliphatic heterocycles. The number of hydrazine groups is 1. The Hall–Kier alpha value is -1.59. The Balaban J connectivity index is 1.88. The van der Waals surface area contributed by atoms with E-state index in [-0.39, 0.29) is 5.91 Å². The predicted molar refractivity (Wildman–Crippen MR) is 66.0 cm³/mol. The quantitative estimate of drug-likeness (QED) is 0.794. The Morgan fingerprint density at radius 3 is 2.72 bits per heavy atom. The maximum absolute atomic E-state index is 11.7. The highest BCUT2D eigenvalue weighted by Crippen LogP contribution is 2.14. The molecule has 96 valence electrons. The summed E-state index contributed by atoms with van der Waals surface area (Å²) in [4.78, 5) is 23.3. The van der Waals surface area contributed by atoms with Gasteiger partial charge in [-0.2, -0.15) is 0 Å². The van der Waals surface area contributed by atoms with Crippen molar-refractivity contribution in [2.45, 2.75) is 18.9 Å². The number of hydrogen-bond donors (Lipinski definition) is 2. The zero-order chi connectivity index (χ0) is 13.0. The van der Waals surface area contributed by atoms with Gasteiger partial charge in [-0.15, -0.1) is 0 Å². The van der Waals surface area contributed by atoms with Crippen molar-refractivity contribution >= 4 is 23.4 Å². The second-order valence-corrected chi connectivity index (χ2v) is 4.33. The van der Waals surface area contributed by atoms with Crippen LogP contribution in [0.25, 0.3) is 0 Å². The molecule has 6 heteroatoms. The van der Waals surface area contributed by atoms with Gasteiger partial charge in [-0.25, -0.2) is 0 Å². The molecule has 1 saturated heterocycles. The van der Waals surface area contributed by atoms with Crippen molar-refractivity contribution in [3.8, 4) is 0 Å². The van der Waals surface area contributed by atoms with Crippen LogP contribution in [0.15, 0.2) is 24.3 Å². The molecule has 2 N–H and O–H groups in total. The standard InChI is InChI=1S/C12H13ClN2O3/c13-9-5-2-1-4-8(9)11(16)14-15-12(17)10-6-3-7-18-10/h1-2,4-5,10H,3,6-7H2,(H,14,16)(H,15,17). The number of nitrogens with one attached hydrogen (secondary N) is 2. The van der Waals surface area contributed by atoms with E-state index >= 15 is 0 Å². The lowest BCUT2D eigenvalue weighted by Gasteiger charge is -2.11. The minimum atomic E-state index is -0.475. The second-order valence-electron chi connectivity index (χ2n) is 3.92. The predicted octanol–water partition coefficient (Wildman–Crippen LogP) is 1.28. The van der Waals surface area contributed by atoms with E-state index < -0.39 is 12.0 Å². The molecular weight excluding hydrogens is 256 g/mol. The van der Waals surface area contributed by atoms with Crippen LogP contribution in [0.2, 0.25) is 5.02 Å². The number of carbonyl (C=O) groups excluding carboxylic acids is 2. The molecule has 1 fully saturated rings. The third-order valence-corrected chi connectivity index (χ3v) is 2.97. The Bertz CT molecular complexity index is 458. The SMILES string of the molecule is O=C(NNC(=O)C1CCCO1)c1ccccc1Cl. The van der Waals surface area contributed by atoms with Crippen LogP contribution in [0.5, 0.6) is 0 Å². The number of benzene rings is 1. The van der Waals surface area contributed by atoms with Crippen molar-refractivity contribution in [1.82, 2.24) is 10.9 Å². The minimum absolute atomic E-state index is 0.312. The van der Waals surface area contributed by atoms with E-state index in [2.05, 4.69) is 10.9 Å². The monoisotopic (exact) mass is 268 g/mol. The van der Waals surface area contributed by atoms with E-state index in [0.717, 1.165) is 6.42 Å². The van der Waals surface area contributed by atoms with Crippen molar-refractivity contribution in [2.75, 3.05) is 6.61 Å². The van der Waals surface area contributed by atoms with Gasteiger partial charge in [0, 0.05) is 6.61 Å². The molecule has 5 nitrogen and oxygen atoms in total. The summed E-state index contributed by atoms with van der Waals surface area (Å²) in [6.45, 7) is 0.580. The Labute approximate surface area is 109 Å². The zero-order valence-electron chi connectivity index (χ0n) is 9.61. The summed E-state index contributed by atoms with van der Waals surface area (Å²) >= 11 is 5.86. The Morgan fingerprint density at radius 1 is 1.28 bits per heavy atom. The average Bonchev–Trinajstić information content (AvgIpc) is 2.90. The Morgan fingerprint density at radius 2 is 2.06 bits per heavy atom. The van der Waals surface area contributed by atoms with Gasteiger partial charge in [-0.05, 0) is 25.0 Å². The maximum atomic E-state index is 11.7. The average molecular weight is 269 g/mol. The molecule has 0 aromatic heterocycles. The van der Waals surface area contributed by atoms with Crippen LogP contribution in [0.1, 0.15) is 23.2 Å². The minimum Gasteiger partial charge on any atom is -0.368 e. The summed E-state index contributed by atoms with van der Waals surface area (Å²) < 4.78 is 5.19. The molecule has 1 unspecified atom stereocenters. The summed E-state index contributed by atoms with van der Waals surface area (Å²) in [5, 5.41) is 0.335. The van der Waals surface area contributed by atoms with Gasteiger partial charge in [-0.3, -0.25) is 20.4 Å². The number of hydrogen-bond acceptors (Lipinski definition) is 3. The molecule has 18 heavy (non-hydrogen) atoms. The number of amides is 2. The topological polar surface area (TPSA) is 67.4 Å². The highest BCUT2D eigenvalue weighted by molar-refractivity contribution is 6.33. The fraction of sp³-hybridized carbons (Fsp3) is 0.333. The largest absolute Gasteiger partial charge is 0.368 e. The van der Waals surface area contributed by atoms with E-state index in [1.54, 1.807) is 24.3 Å². The van der Waals surface area contributed by atoms with Gasteiger partial charge in [0.15, 0.2) is 0 Å². The smallest absolute Gasteiger partial charge is 0.271 e. The fourth-order valence-electron chi connectivity index (χ4n) is 1.70. The van der Waals surface area contributed by atoms with Crippen molar-refractivity contribution in [3.63, 3.8) is 0 Å². The van der Waals surface area contributed by atoms with Gasteiger partial charge >= 0.3 is 0 Å². The lowest BCUT2D eigenvalue weighted by atomic mass is 10.2. The molecule has 1 heterocycles. The van der Waals surface area contributed by atoms with Crippen LogP contribution in [0.4, 0.5) is 0 Å². The summed E-state index contributed by atoms with van der Waals surface area (Å²) in [6.07, 6.45) is 1.06. The molecule has 0 radical (unpaired) electrons. The van der Waals surface area contributed by atoms with Crippen LogP contribution < -0.4 is 10.9 Å². The molecular formula is C12H13ClN2O3. The first-order valence-corrected chi connectivity index (χ1v) is 6.02. The Kier molecular flexibility index (Phi) is 4.17. The lowest BCUT2D eigenvalue weighted by molar-refractivity contribution is -0.130. The number of carbonyl (C=O) groups is 2. The molecule has 1 aromatic rings. The van der Waals surface area contributed by atoms with Gasteiger partial charge in [0.05, 0.1) is 10.6 Å². The van der Waals surface area contributed by atoms with E-state index in [0.29, 0.717) is 23.6 Å². The van der Waals surface area contributed by atoms with Crippen LogP contribution in [0, 0.1) is 0 Å². The van der Waals surface area contributed by atoms with E-state index in [1.165, 1.54) is 0 Å². The van der Waals surface area contributed by atoms with Crippen LogP contribution in [-0.2, 0) is 9.53 Å². The highest BCUT2D eigenvalue weighted by Gasteiger charge is 2.23. The first-order valence-electron chi connectivity index (χ1n) is 5.65. The summed E-state index contributed by atoms with van der Waals surface area (Å²) in [5.74, 6) is -0.792. The van der Waals surface area contributed by atoms with Gasteiger partial charge < -0.3 is 4.74 Å². The first-order chi connectivity index (χ1) is 8.68. The summed E-state index contributed by atoms with van der Waals surface area (Å²) in [6, 6.07) is 6.61. The molecule has 0 spiro atoms. The molecule has 0 bridgehead atoms. The van der Waals surface area contributed by atoms with E-state index in [9.17, 15) is 9.59 Å². The van der Waals surface area contributed by atoms with Gasteiger partial charge in [0.1, 0.15) is 6.10 Å². The number of ether oxygens (including phenoxy) is 1. The molecule has 0 saturated carbocycles. The third kappa shape index (κ3) is 3.00. The summed E-state index contributed by atoms with van der Waals surface area (Å²) in [7, 11) is 0. The molecule has 0 aliphatic carbocycles. The van der Waals surface area contributed by atoms with Gasteiger partial charge in [-0.1, -0.05) is 23.7 Å². The molecule has 1 aliphatic rings. The van der Waals surface area contributed by atoms with E-state index in [1.807, 2.05) is 0 Å². The normalized spacial score (nSPS) is 18.4. The molecule has 1 aromatic carbocycles. The van der Waals surface area contributed by atoms with Gasteiger partial charge in [0.2, 0.25) is 0 Å². The van der Waals surface area contributed by atoms with Crippen molar-refractivity contribution in [3.05, 3.63) is 34.9 Å². The first kappa shape index (κ1) is 12.9. The maximum Gasteiger partial charge on any atom is 0.271 e. The van der Waals surface area contributed by atoms with Crippen LogP contribution >= 0.6 is 11.6 Å². The van der Waals surface area contributed by atoms with Crippen molar-refractivity contribution in [2.24, 2.45) is 0 Å². The molecule has 1 atom stereocenters. The lowest BCUT2D eigenvalue weighted by Crippen LogP contribution is -2.46. The zero-order valence-corrected chi connectivity index (χ0v) is 10.4. The number of halogens is 1. The van der Waals surface area contributed by atoms with Crippen LogP contribution in [0.3, 0.4) is 0 Å². The summed E-state index contributed by atoms with van der Waals surface area (Å²) in [5.41, 5.74) is 4.95. The highest BCUT2D eigenvalue weighted by atomic mass is 35.5. The fourth-order valence-corrected chi connectivity index (χ4v) is 1.92. The molecule has 2 rings (SSSR count). The third-order valence-electron chi connectivity index (χ3n) is 2.64.